The van der Waals surface area contributed by atoms with Crippen LogP contribution in [0, 0.1) is 18.7 Å². The maximum absolute atomic E-state index is 13.8. The predicted molar refractivity (Wildman–Crippen MR) is 132 cm³/mol. The second-order valence-corrected chi connectivity index (χ2v) is 9.25. The molecule has 2 atom stereocenters. The Labute approximate surface area is 201 Å². The highest BCUT2D eigenvalue weighted by atomic mass is 32.2. The molecule has 1 aliphatic carbocycles. The first-order valence-corrected chi connectivity index (χ1v) is 11.7. The highest BCUT2D eigenvalue weighted by Gasteiger charge is 2.38. The van der Waals surface area contributed by atoms with Crippen molar-refractivity contribution in [3.63, 3.8) is 0 Å². The third-order valence-electron chi connectivity index (χ3n) is 5.79. The van der Waals surface area contributed by atoms with Crippen molar-refractivity contribution in [2.45, 2.75) is 12.2 Å². The van der Waals surface area contributed by atoms with Crippen molar-refractivity contribution < 1.29 is 13.9 Å². The summed E-state index contributed by atoms with van der Waals surface area (Å²) in [6.07, 6.45) is 10.0. The van der Waals surface area contributed by atoms with Gasteiger partial charge in [-0.25, -0.2) is 9.07 Å². The lowest BCUT2D eigenvalue weighted by Gasteiger charge is -2.20. The number of hydrogen-bond acceptors (Lipinski definition) is 6. The number of fused-ring (bicyclic) bond motifs is 1. The SMILES string of the molecule is COC1=CC2SC(c3ccc(F)cc3C)=C(Oc3ccc(/C=C/c4nnnn4C)cc3)C2C=C1. The Morgan fingerprint density at radius 2 is 1.94 bits per heavy atom. The van der Waals surface area contributed by atoms with E-state index in [1.54, 1.807) is 36.7 Å². The summed E-state index contributed by atoms with van der Waals surface area (Å²) in [7, 11) is 3.46. The molecule has 2 unspecified atom stereocenters. The standard InChI is InChI=1S/C26H23FN4O2S/c1-16-14-18(27)7-11-21(16)26-25(22-12-10-20(32-3)15-23(22)34-26)33-19-8-4-17(5-9-19)6-13-24-28-29-30-31(24)2/h4-15,22-23H,1-3H3/b13-6+. The number of allylic oxidation sites excluding steroid dienone is 2. The van der Waals surface area contributed by atoms with Gasteiger partial charge in [0, 0.05) is 12.3 Å². The summed E-state index contributed by atoms with van der Waals surface area (Å²) in [6, 6.07) is 12.7. The number of aromatic nitrogens is 4. The molecule has 6 nitrogen and oxygen atoms in total. The lowest BCUT2D eigenvalue weighted by atomic mass is 9.95. The molecule has 0 radical (unpaired) electrons. The molecule has 5 rings (SSSR count). The molecule has 0 saturated heterocycles. The average Bonchev–Trinajstić information content (AvgIpc) is 3.41. The first-order chi connectivity index (χ1) is 16.5. The molecule has 3 aromatic rings. The Morgan fingerprint density at radius 1 is 1.12 bits per heavy atom. The Morgan fingerprint density at radius 3 is 2.65 bits per heavy atom. The summed E-state index contributed by atoms with van der Waals surface area (Å²) in [5.41, 5.74) is 2.86. The molecule has 172 valence electrons. The molecule has 1 aromatic heterocycles. The second-order valence-electron chi connectivity index (χ2n) is 8.06. The van der Waals surface area contributed by atoms with Gasteiger partial charge in [0.05, 0.1) is 17.9 Å². The summed E-state index contributed by atoms with van der Waals surface area (Å²) in [5, 5.41) is 11.6. The Hall–Kier alpha value is -3.65. The summed E-state index contributed by atoms with van der Waals surface area (Å²) >= 11 is 1.72. The van der Waals surface area contributed by atoms with Crippen molar-refractivity contribution in [2.75, 3.05) is 7.11 Å². The summed E-state index contributed by atoms with van der Waals surface area (Å²) in [5.74, 6) is 2.92. The van der Waals surface area contributed by atoms with E-state index in [4.69, 9.17) is 9.47 Å². The zero-order chi connectivity index (χ0) is 23.7. The molecule has 0 saturated carbocycles. The van der Waals surface area contributed by atoms with E-state index in [1.165, 1.54) is 6.07 Å². The van der Waals surface area contributed by atoms with Crippen molar-refractivity contribution in [1.29, 1.82) is 0 Å². The van der Waals surface area contributed by atoms with Gasteiger partial charge >= 0.3 is 0 Å². The zero-order valence-corrected chi connectivity index (χ0v) is 19.8. The summed E-state index contributed by atoms with van der Waals surface area (Å²) in [4.78, 5) is 1.02. The van der Waals surface area contributed by atoms with Gasteiger partial charge in [-0.1, -0.05) is 30.4 Å². The van der Waals surface area contributed by atoms with Crippen LogP contribution in [0.2, 0.25) is 0 Å². The van der Waals surface area contributed by atoms with Gasteiger partial charge in [-0.15, -0.1) is 16.9 Å². The predicted octanol–water partition coefficient (Wildman–Crippen LogP) is 5.41. The minimum atomic E-state index is -0.244. The number of rotatable bonds is 6. The van der Waals surface area contributed by atoms with Crippen molar-refractivity contribution >= 4 is 28.8 Å². The monoisotopic (exact) mass is 474 g/mol. The fourth-order valence-corrected chi connectivity index (χ4v) is 5.45. The van der Waals surface area contributed by atoms with Crippen molar-refractivity contribution in [3.05, 3.63) is 101 Å². The van der Waals surface area contributed by atoms with Crippen LogP contribution in [-0.4, -0.2) is 32.6 Å². The maximum Gasteiger partial charge on any atom is 0.174 e. The molecule has 0 bridgehead atoms. The van der Waals surface area contributed by atoms with Gasteiger partial charge in [0.2, 0.25) is 0 Å². The number of aryl methyl sites for hydroxylation is 2. The molecule has 0 N–H and O–H groups in total. The van der Waals surface area contributed by atoms with Gasteiger partial charge in [-0.3, -0.25) is 0 Å². The lowest BCUT2D eigenvalue weighted by molar-refractivity contribution is 0.300. The van der Waals surface area contributed by atoms with Crippen molar-refractivity contribution in [3.8, 4) is 5.75 Å². The smallest absolute Gasteiger partial charge is 0.174 e. The number of benzene rings is 2. The van der Waals surface area contributed by atoms with E-state index in [0.29, 0.717) is 5.82 Å². The van der Waals surface area contributed by atoms with Crippen LogP contribution in [0.25, 0.3) is 17.1 Å². The van der Waals surface area contributed by atoms with Crippen LogP contribution < -0.4 is 4.74 Å². The first-order valence-electron chi connectivity index (χ1n) is 10.8. The van der Waals surface area contributed by atoms with E-state index in [9.17, 15) is 4.39 Å². The fourth-order valence-electron chi connectivity index (χ4n) is 3.97. The molecule has 8 heteroatoms. The number of ether oxygens (including phenoxy) is 2. The minimum Gasteiger partial charge on any atom is -0.497 e. The first kappa shape index (κ1) is 22.2. The van der Waals surface area contributed by atoms with Gasteiger partial charge in [-0.2, -0.15) is 0 Å². The number of methoxy groups -OCH3 is 1. The molecule has 0 fully saturated rings. The zero-order valence-electron chi connectivity index (χ0n) is 19.0. The molecule has 1 aliphatic heterocycles. The van der Waals surface area contributed by atoms with E-state index in [-0.39, 0.29) is 17.0 Å². The summed E-state index contributed by atoms with van der Waals surface area (Å²) in [6.45, 7) is 1.92. The van der Waals surface area contributed by atoms with Gasteiger partial charge in [0.25, 0.3) is 0 Å². The van der Waals surface area contributed by atoms with Crippen LogP contribution in [0.5, 0.6) is 5.75 Å². The van der Waals surface area contributed by atoms with Crippen LogP contribution in [-0.2, 0) is 11.8 Å². The highest BCUT2D eigenvalue weighted by Crippen LogP contribution is 2.51. The molecule has 2 aromatic carbocycles. The number of tetrazole rings is 1. The Bertz CT molecular complexity index is 1340. The third-order valence-corrected chi connectivity index (χ3v) is 7.14. The maximum atomic E-state index is 13.8. The van der Waals surface area contributed by atoms with Crippen LogP contribution in [0.4, 0.5) is 4.39 Å². The van der Waals surface area contributed by atoms with E-state index < -0.39 is 0 Å². The largest absolute Gasteiger partial charge is 0.497 e. The number of thioether (sulfide) groups is 1. The molecular weight excluding hydrogens is 451 g/mol. The molecule has 2 aliphatic rings. The topological polar surface area (TPSA) is 62.1 Å². The average molecular weight is 475 g/mol. The molecule has 34 heavy (non-hydrogen) atoms. The number of nitrogens with zero attached hydrogens (tertiary/aromatic N) is 4. The van der Waals surface area contributed by atoms with Crippen LogP contribution >= 0.6 is 11.8 Å². The minimum absolute atomic E-state index is 0.0614. The normalized spacial score (nSPS) is 19.5. The molecular formula is C26H23FN4O2S. The Kier molecular flexibility index (Phi) is 6.06. The molecule has 0 amide bonds. The fraction of sp³-hybridized carbons (Fsp3) is 0.192. The third kappa shape index (κ3) is 4.41. The van der Waals surface area contributed by atoms with Crippen molar-refractivity contribution in [2.24, 2.45) is 13.0 Å². The van der Waals surface area contributed by atoms with Crippen molar-refractivity contribution in [1.82, 2.24) is 20.2 Å². The van der Waals surface area contributed by atoms with E-state index in [0.717, 1.165) is 38.9 Å². The van der Waals surface area contributed by atoms with Gasteiger partial charge in [0.15, 0.2) is 5.82 Å². The summed E-state index contributed by atoms with van der Waals surface area (Å²) < 4.78 is 27.3. The van der Waals surface area contributed by atoms with Crippen LogP contribution in [0.15, 0.2) is 72.2 Å². The quantitative estimate of drug-likeness (QED) is 0.476. The molecule has 2 heterocycles. The van der Waals surface area contributed by atoms with Gasteiger partial charge in [-0.05, 0) is 76.5 Å². The van der Waals surface area contributed by atoms with E-state index in [1.807, 2.05) is 55.5 Å². The Balaban J connectivity index is 1.44. The highest BCUT2D eigenvalue weighted by molar-refractivity contribution is 8.09. The van der Waals surface area contributed by atoms with Crippen LogP contribution in [0.1, 0.15) is 22.5 Å². The van der Waals surface area contributed by atoms with E-state index >= 15 is 0 Å². The second kappa shape index (κ2) is 9.30. The van der Waals surface area contributed by atoms with E-state index in [2.05, 4.69) is 27.7 Å². The molecule has 0 spiro atoms. The van der Waals surface area contributed by atoms with Crippen LogP contribution in [0.3, 0.4) is 0 Å². The van der Waals surface area contributed by atoms with Gasteiger partial charge < -0.3 is 9.47 Å². The number of hydrogen-bond donors (Lipinski definition) is 0. The lowest BCUT2D eigenvalue weighted by Crippen LogP contribution is -2.17. The van der Waals surface area contributed by atoms with Gasteiger partial charge in [0.1, 0.15) is 23.1 Å². The number of halogens is 1.